The molecule has 0 aliphatic rings. The maximum absolute atomic E-state index is 12.9. The van der Waals surface area contributed by atoms with Crippen molar-refractivity contribution in [1.29, 1.82) is 5.26 Å². The maximum atomic E-state index is 12.9. The first-order valence-corrected chi connectivity index (χ1v) is 7.09. The summed E-state index contributed by atoms with van der Waals surface area (Å²) in [4.78, 5) is 3.69. The molecule has 10 heteroatoms. The molecule has 0 bridgehead atoms. The van der Waals surface area contributed by atoms with Gasteiger partial charge in [0.25, 0.3) is 0 Å². The summed E-state index contributed by atoms with van der Waals surface area (Å²) < 4.78 is 80.2. The molecule has 0 saturated carbocycles. The van der Waals surface area contributed by atoms with Gasteiger partial charge in [-0.05, 0) is 24.3 Å². The van der Waals surface area contributed by atoms with Gasteiger partial charge in [0, 0.05) is 24.0 Å². The fourth-order valence-electron chi connectivity index (χ4n) is 2.02. The van der Waals surface area contributed by atoms with Gasteiger partial charge in [-0.15, -0.1) is 0 Å². The molecule has 0 radical (unpaired) electrons. The largest absolute Gasteiger partial charge is 0.468 e. The Bertz CT molecular complexity index is 811. The predicted octanol–water partition coefficient (Wildman–Crippen LogP) is 4.53. The molecule has 2 rings (SSSR count). The number of benzene rings is 1. The van der Waals surface area contributed by atoms with E-state index in [1.165, 1.54) is 30.5 Å². The highest BCUT2D eigenvalue weighted by Crippen LogP contribution is 2.33. The van der Waals surface area contributed by atoms with Crippen molar-refractivity contribution in [1.82, 2.24) is 4.98 Å². The second-order valence-electron chi connectivity index (χ2n) is 5.10. The molecule has 138 valence electrons. The highest BCUT2D eigenvalue weighted by Gasteiger charge is 2.34. The summed E-state index contributed by atoms with van der Waals surface area (Å²) in [6, 6.07) is 7.37. The van der Waals surface area contributed by atoms with Crippen molar-refractivity contribution in [2.75, 3.05) is 11.9 Å². The second kappa shape index (κ2) is 7.51. The summed E-state index contributed by atoms with van der Waals surface area (Å²) in [5.74, 6) is -0.276. The average Bonchev–Trinajstić information content (AvgIpc) is 2.57. The lowest BCUT2D eigenvalue weighted by Gasteiger charge is -2.14. The fourth-order valence-corrected chi connectivity index (χ4v) is 2.02. The molecular formula is C16H11F6N3O. The number of halogens is 6. The topological polar surface area (TPSA) is 57.9 Å². The minimum Gasteiger partial charge on any atom is -0.468 e. The molecular weight excluding hydrogens is 364 g/mol. The van der Waals surface area contributed by atoms with Crippen molar-refractivity contribution < 1.29 is 31.1 Å². The zero-order valence-corrected chi connectivity index (χ0v) is 12.9. The van der Waals surface area contributed by atoms with Crippen molar-refractivity contribution in [3.63, 3.8) is 0 Å². The first kappa shape index (κ1) is 19.4. The van der Waals surface area contributed by atoms with Crippen LogP contribution in [-0.4, -0.2) is 17.8 Å². The van der Waals surface area contributed by atoms with Crippen LogP contribution in [0.1, 0.15) is 16.7 Å². The van der Waals surface area contributed by atoms with E-state index in [2.05, 4.69) is 15.0 Å². The minimum atomic E-state index is -4.71. The third-order valence-corrected chi connectivity index (χ3v) is 3.15. The molecule has 0 unspecified atom stereocenters. The van der Waals surface area contributed by atoms with Crippen LogP contribution in [0.25, 0.3) is 0 Å². The number of hydrogen-bond donors (Lipinski definition) is 1. The number of aromatic nitrogens is 1. The van der Waals surface area contributed by atoms with Crippen molar-refractivity contribution in [3.8, 4) is 11.9 Å². The molecule has 4 nitrogen and oxygen atoms in total. The summed E-state index contributed by atoms with van der Waals surface area (Å²) in [6.07, 6.45) is -8.02. The van der Waals surface area contributed by atoms with E-state index in [-0.39, 0.29) is 23.7 Å². The summed E-state index contributed by atoms with van der Waals surface area (Å²) in [5, 5.41) is 11.4. The van der Waals surface area contributed by atoms with Gasteiger partial charge in [0.2, 0.25) is 5.88 Å². The number of alkyl halides is 6. The van der Waals surface area contributed by atoms with Gasteiger partial charge in [-0.2, -0.15) is 31.6 Å². The Balaban J connectivity index is 2.16. The SMILES string of the molecule is N#Cc1ccc(NCc2cccnc2OCC(F)(F)F)cc1C(F)(F)F. The number of hydrogen-bond acceptors (Lipinski definition) is 4. The van der Waals surface area contributed by atoms with Crippen LogP contribution in [0.15, 0.2) is 36.5 Å². The van der Waals surface area contributed by atoms with Crippen LogP contribution in [-0.2, 0) is 12.7 Å². The lowest BCUT2D eigenvalue weighted by atomic mass is 10.1. The van der Waals surface area contributed by atoms with Gasteiger partial charge in [0.05, 0.1) is 17.2 Å². The van der Waals surface area contributed by atoms with Crippen LogP contribution in [0, 0.1) is 11.3 Å². The first-order chi connectivity index (χ1) is 12.1. The minimum absolute atomic E-state index is 0.0435. The first-order valence-electron chi connectivity index (χ1n) is 7.09. The molecule has 0 atom stereocenters. The monoisotopic (exact) mass is 375 g/mol. The third kappa shape index (κ3) is 5.27. The highest BCUT2D eigenvalue weighted by atomic mass is 19.4. The smallest absolute Gasteiger partial charge is 0.422 e. The molecule has 0 spiro atoms. The summed E-state index contributed by atoms with van der Waals surface area (Å²) in [5.41, 5.74) is -1.36. The number of pyridine rings is 1. The lowest BCUT2D eigenvalue weighted by Crippen LogP contribution is -2.20. The molecule has 26 heavy (non-hydrogen) atoms. The van der Waals surface area contributed by atoms with Crippen molar-refractivity contribution in [2.24, 2.45) is 0 Å². The standard InChI is InChI=1S/C16H11F6N3O/c17-15(18,19)9-26-14-11(2-1-5-24-14)8-25-12-4-3-10(7-23)13(6-12)16(20,21)22/h1-6,25H,8-9H2. The summed E-state index contributed by atoms with van der Waals surface area (Å²) in [7, 11) is 0. The van der Waals surface area contributed by atoms with Crippen LogP contribution in [0.2, 0.25) is 0 Å². The Morgan fingerprint density at radius 3 is 2.46 bits per heavy atom. The summed E-state index contributed by atoms with van der Waals surface area (Å²) in [6.45, 7) is -1.66. The van der Waals surface area contributed by atoms with Gasteiger partial charge in [-0.3, -0.25) is 0 Å². The Labute approximate surface area is 144 Å². The average molecular weight is 375 g/mol. The number of nitrogens with zero attached hydrogens (tertiary/aromatic N) is 2. The molecule has 0 saturated heterocycles. The van der Waals surface area contributed by atoms with E-state index in [4.69, 9.17) is 5.26 Å². The molecule has 0 aliphatic heterocycles. The van der Waals surface area contributed by atoms with Crippen LogP contribution in [0.4, 0.5) is 32.0 Å². The van der Waals surface area contributed by atoms with E-state index in [0.717, 1.165) is 12.1 Å². The predicted molar refractivity (Wildman–Crippen MR) is 79.3 cm³/mol. The van der Waals surface area contributed by atoms with E-state index in [0.29, 0.717) is 0 Å². The number of ether oxygens (including phenoxy) is 1. The Morgan fingerprint density at radius 1 is 1.12 bits per heavy atom. The van der Waals surface area contributed by atoms with Gasteiger partial charge >= 0.3 is 12.4 Å². The van der Waals surface area contributed by atoms with Crippen molar-refractivity contribution >= 4 is 5.69 Å². The number of anilines is 1. The van der Waals surface area contributed by atoms with E-state index in [9.17, 15) is 26.3 Å². The highest BCUT2D eigenvalue weighted by molar-refractivity contribution is 5.53. The number of nitrogens with one attached hydrogen (secondary N) is 1. The van der Waals surface area contributed by atoms with Crippen LogP contribution >= 0.6 is 0 Å². The second-order valence-corrected chi connectivity index (χ2v) is 5.10. The maximum Gasteiger partial charge on any atom is 0.422 e. The van der Waals surface area contributed by atoms with Gasteiger partial charge < -0.3 is 10.1 Å². The van der Waals surface area contributed by atoms with Crippen LogP contribution in [0.5, 0.6) is 5.88 Å². The van der Waals surface area contributed by atoms with Gasteiger partial charge in [0.15, 0.2) is 6.61 Å². The molecule has 1 aromatic carbocycles. The lowest BCUT2D eigenvalue weighted by molar-refractivity contribution is -0.154. The summed E-state index contributed by atoms with van der Waals surface area (Å²) >= 11 is 0. The van der Waals surface area contributed by atoms with Crippen LogP contribution < -0.4 is 10.1 Å². The molecule has 1 N–H and O–H groups in total. The van der Waals surface area contributed by atoms with E-state index in [1.54, 1.807) is 0 Å². The van der Waals surface area contributed by atoms with Crippen LogP contribution in [0.3, 0.4) is 0 Å². The Morgan fingerprint density at radius 2 is 1.85 bits per heavy atom. The zero-order valence-electron chi connectivity index (χ0n) is 12.9. The quantitative estimate of drug-likeness (QED) is 0.781. The van der Waals surface area contributed by atoms with E-state index < -0.39 is 30.1 Å². The van der Waals surface area contributed by atoms with Crippen molar-refractivity contribution in [2.45, 2.75) is 18.9 Å². The van der Waals surface area contributed by atoms with Gasteiger partial charge in [0.1, 0.15) is 0 Å². The number of rotatable bonds is 5. The normalized spacial score (nSPS) is 11.7. The van der Waals surface area contributed by atoms with Gasteiger partial charge in [-0.25, -0.2) is 4.98 Å². The molecule has 0 fully saturated rings. The Hall–Kier alpha value is -2.96. The fraction of sp³-hybridized carbons (Fsp3) is 0.250. The molecule has 0 amide bonds. The zero-order chi connectivity index (χ0) is 19.4. The molecule has 1 heterocycles. The molecule has 2 aromatic rings. The van der Waals surface area contributed by atoms with Crippen molar-refractivity contribution in [3.05, 3.63) is 53.2 Å². The molecule has 1 aromatic heterocycles. The third-order valence-electron chi connectivity index (χ3n) is 3.15. The number of nitriles is 1. The van der Waals surface area contributed by atoms with E-state index >= 15 is 0 Å². The Kier molecular flexibility index (Phi) is 5.59. The van der Waals surface area contributed by atoms with Gasteiger partial charge in [-0.1, -0.05) is 6.07 Å². The van der Waals surface area contributed by atoms with E-state index in [1.807, 2.05) is 0 Å². The molecule has 0 aliphatic carbocycles.